The number of thioether (sulfide) groups is 1. The van der Waals surface area contributed by atoms with Crippen LogP contribution in [-0.2, 0) is 11.3 Å². The number of carbonyl (C=O) groups excluding carboxylic acids is 1. The van der Waals surface area contributed by atoms with Crippen molar-refractivity contribution < 1.29 is 13.9 Å². The highest BCUT2D eigenvalue weighted by Crippen LogP contribution is 2.31. The third-order valence-electron chi connectivity index (χ3n) is 3.81. The maximum atomic E-state index is 13.7. The van der Waals surface area contributed by atoms with Gasteiger partial charge in [0.05, 0.1) is 18.0 Å². The molecule has 3 rings (SSSR count). The van der Waals surface area contributed by atoms with Crippen LogP contribution in [0.15, 0.2) is 52.9 Å². The smallest absolute Gasteiger partial charge is 0.233 e. The molecule has 1 amide bonds. The van der Waals surface area contributed by atoms with E-state index < -0.39 is 0 Å². The van der Waals surface area contributed by atoms with Crippen molar-refractivity contribution in [2.75, 3.05) is 12.4 Å². The topological polar surface area (TPSA) is 76.1 Å². The standard InChI is InChI=1S/C19H19FN4O2S2/c1-12(17(25)21-11-13-7-3-6-10-16(13)26-2)27-19-24-23-18(28-19)22-15-9-5-4-8-14(15)20/h3-10,12H,11H2,1-2H3,(H,21,25)(H,22,23). The van der Waals surface area contributed by atoms with Crippen LogP contribution in [0.1, 0.15) is 12.5 Å². The van der Waals surface area contributed by atoms with Gasteiger partial charge < -0.3 is 15.4 Å². The number of rotatable bonds is 8. The van der Waals surface area contributed by atoms with Gasteiger partial charge in [0.15, 0.2) is 4.34 Å². The number of anilines is 2. The number of ether oxygens (including phenoxy) is 1. The highest BCUT2D eigenvalue weighted by Gasteiger charge is 2.18. The van der Waals surface area contributed by atoms with Crippen molar-refractivity contribution in [3.8, 4) is 5.75 Å². The van der Waals surface area contributed by atoms with Gasteiger partial charge in [0, 0.05) is 12.1 Å². The number of amides is 1. The Morgan fingerprint density at radius 2 is 1.96 bits per heavy atom. The van der Waals surface area contributed by atoms with Crippen LogP contribution in [0.4, 0.5) is 15.2 Å². The number of hydrogen-bond donors (Lipinski definition) is 2. The van der Waals surface area contributed by atoms with E-state index in [2.05, 4.69) is 20.8 Å². The average Bonchev–Trinajstić information content (AvgIpc) is 3.14. The predicted octanol–water partition coefficient (Wildman–Crippen LogP) is 4.23. The summed E-state index contributed by atoms with van der Waals surface area (Å²) >= 11 is 2.57. The molecule has 1 atom stereocenters. The first-order chi connectivity index (χ1) is 13.6. The monoisotopic (exact) mass is 418 g/mol. The quantitative estimate of drug-likeness (QED) is 0.533. The maximum Gasteiger partial charge on any atom is 0.233 e. The van der Waals surface area contributed by atoms with E-state index in [4.69, 9.17) is 4.74 Å². The predicted molar refractivity (Wildman–Crippen MR) is 110 cm³/mol. The number of nitrogens with one attached hydrogen (secondary N) is 2. The summed E-state index contributed by atoms with van der Waals surface area (Å²) in [6.07, 6.45) is 0. The molecule has 9 heteroatoms. The number of methoxy groups -OCH3 is 1. The van der Waals surface area contributed by atoms with Crippen molar-refractivity contribution in [2.45, 2.75) is 23.1 Å². The summed E-state index contributed by atoms with van der Waals surface area (Å²) in [6, 6.07) is 13.9. The lowest BCUT2D eigenvalue weighted by Gasteiger charge is -2.12. The third-order valence-corrected chi connectivity index (χ3v) is 5.84. The molecule has 0 fully saturated rings. The second-order valence-corrected chi connectivity index (χ2v) is 8.33. The van der Waals surface area contributed by atoms with Crippen LogP contribution in [0, 0.1) is 5.82 Å². The van der Waals surface area contributed by atoms with Crippen molar-refractivity contribution in [2.24, 2.45) is 0 Å². The minimum absolute atomic E-state index is 0.116. The molecular weight excluding hydrogens is 399 g/mol. The first kappa shape index (κ1) is 20.1. The minimum Gasteiger partial charge on any atom is -0.496 e. The summed E-state index contributed by atoms with van der Waals surface area (Å²) in [6.45, 7) is 2.18. The lowest BCUT2D eigenvalue weighted by molar-refractivity contribution is -0.120. The second kappa shape index (κ2) is 9.52. The van der Waals surface area contributed by atoms with Gasteiger partial charge in [0.1, 0.15) is 11.6 Å². The van der Waals surface area contributed by atoms with Crippen molar-refractivity contribution in [3.05, 3.63) is 59.9 Å². The Labute approximate surface area is 170 Å². The Balaban J connectivity index is 1.54. The van der Waals surface area contributed by atoms with Crippen LogP contribution < -0.4 is 15.4 Å². The van der Waals surface area contributed by atoms with E-state index in [0.29, 0.717) is 21.7 Å². The first-order valence-electron chi connectivity index (χ1n) is 8.48. The molecule has 3 aromatic rings. The van der Waals surface area contributed by atoms with E-state index >= 15 is 0 Å². The number of para-hydroxylation sites is 2. The zero-order valence-corrected chi connectivity index (χ0v) is 16.9. The SMILES string of the molecule is COc1ccccc1CNC(=O)C(C)Sc1nnc(Nc2ccccc2F)s1. The molecule has 146 valence electrons. The van der Waals surface area contributed by atoms with Crippen molar-refractivity contribution in [1.29, 1.82) is 0 Å². The molecule has 0 bridgehead atoms. The number of halogens is 1. The number of benzene rings is 2. The zero-order chi connectivity index (χ0) is 19.9. The van der Waals surface area contributed by atoms with E-state index in [1.54, 1.807) is 32.2 Å². The summed E-state index contributed by atoms with van der Waals surface area (Å²) in [4.78, 5) is 12.4. The van der Waals surface area contributed by atoms with Gasteiger partial charge in [-0.2, -0.15) is 0 Å². The molecule has 0 aliphatic heterocycles. The van der Waals surface area contributed by atoms with Gasteiger partial charge in [0.2, 0.25) is 11.0 Å². The Kier molecular flexibility index (Phi) is 6.83. The highest BCUT2D eigenvalue weighted by atomic mass is 32.2. The molecule has 0 saturated carbocycles. The Morgan fingerprint density at radius 3 is 2.75 bits per heavy atom. The average molecular weight is 419 g/mol. The van der Waals surface area contributed by atoms with Gasteiger partial charge in [-0.05, 0) is 25.1 Å². The molecule has 28 heavy (non-hydrogen) atoms. The third kappa shape index (κ3) is 5.20. The summed E-state index contributed by atoms with van der Waals surface area (Å²) in [7, 11) is 1.60. The molecular formula is C19H19FN4O2S2. The molecule has 0 aliphatic carbocycles. The maximum absolute atomic E-state index is 13.7. The lowest BCUT2D eigenvalue weighted by atomic mass is 10.2. The Bertz CT molecular complexity index is 951. The summed E-state index contributed by atoms with van der Waals surface area (Å²) < 4.78 is 19.6. The van der Waals surface area contributed by atoms with Crippen LogP contribution in [0.5, 0.6) is 5.75 Å². The summed E-state index contributed by atoms with van der Waals surface area (Å²) in [5, 5.41) is 14.0. The van der Waals surface area contributed by atoms with Crippen LogP contribution in [0.2, 0.25) is 0 Å². The largest absolute Gasteiger partial charge is 0.496 e. The number of hydrogen-bond acceptors (Lipinski definition) is 7. The van der Waals surface area contributed by atoms with Crippen LogP contribution in [0.25, 0.3) is 0 Å². The summed E-state index contributed by atoms with van der Waals surface area (Å²) in [5.41, 5.74) is 1.24. The number of carbonyl (C=O) groups is 1. The molecule has 0 spiro atoms. The molecule has 1 heterocycles. The first-order valence-corrected chi connectivity index (χ1v) is 10.2. The number of aromatic nitrogens is 2. The Hall–Kier alpha value is -2.65. The van der Waals surface area contributed by atoms with Crippen LogP contribution in [0.3, 0.4) is 0 Å². The summed E-state index contributed by atoms with van der Waals surface area (Å²) in [5.74, 6) is 0.252. The molecule has 1 aromatic heterocycles. The fourth-order valence-corrected chi connectivity index (χ4v) is 4.30. The normalized spacial score (nSPS) is 11.7. The molecule has 6 nitrogen and oxygen atoms in total. The molecule has 0 radical (unpaired) electrons. The fraction of sp³-hybridized carbons (Fsp3) is 0.211. The molecule has 0 aliphatic rings. The lowest BCUT2D eigenvalue weighted by Crippen LogP contribution is -2.30. The van der Waals surface area contributed by atoms with E-state index in [1.807, 2.05) is 24.3 Å². The van der Waals surface area contributed by atoms with Gasteiger partial charge >= 0.3 is 0 Å². The van der Waals surface area contributed by atoms with Gasteiger partial charge in [-0.25, -0.2) is 4.39 Å². The van der Waals surface area contributed by atoms with Gasteiger partial charge in [0.25, 0.3) is 0 Å². The molecule has 1 unspecified atom stereocenters. The highest BCUT2D eigenvalue weighted by molar-refractivity contribution is 8.02. The second-order valence-electron chi connectivity index (χ2n) is 5.77. The van der Waals surface area contributed by atoms with Gasteiger partial charge in [-0.3, -0.25) is 4.79 Å². The number of nitrogens with zero attached hydrogens (tertiary/aromatic N) is 2. The molecule has 0 saturated heterocycles. The van der Waals surface area contributed by atoms with E-state index in [1.165, 1.54) is 29.2 Å². The molecule has 2 N–H and O–H groups in total. The zero-order valence-electron chi connectivity index (χ0n) is 15.3. The molecule has 2 aromatic carbocycles. The van der Waals surface area contributed by atoms with Crippen LogP contribution >= 0.6 is 23.1 Å². The fourth-order valence-electron chi connectivity index (χ4n) is 2.37. The van der Waals surface area contributed by atoms with Crippen LogP contribution in [-0.4, -0.2) is 28.5 Å². The Morgan fingerprint density at radius 1 is 1.21 bits per heavy atom. The van der Waals surface area contributed by atoms with Gasteiger partial charge in [-0.15, -0.1) is 10.2 Å². The van der Waals surface area contributed by atoms with E-state index in [9.17, 15) is 9.18 Å². The van der Waals surface area contributed by atoms with Crippen molar-refractivity contribution in [3.63, 3.8) is 0 Å². The van der Waals surface area contributed by atoms with Gasteiger partial charge in [-0.1, -0.05) is 53.4 Å². The van der Waals surface area contributed by atoms with Crippen molar-refractivity contribution in [1.82, 2.24) is 15.5 Å². The van der Waals surface area contributed by atoms with Crippen molar-refractivity contribution >= 4 is 39.8 Å². The van der Waals surface area contributed by atoms with E-state index in [0.717, 1.165) is 11.3 Å². The minimum atomic E-state index is -0.365. The van der Waals surface area contributed by atoms with E-state index in [-0.39, 0.29) is 17.0 Å².